The van der Waals surface area contributed by atoms with Gasteiger partial charge in [0, 0.05) is 12.1 Å². The van der Waals surface area contributed by atoms with Gasteiger partial charge >= 0.3 is 0 Å². The molecule has 3 nitrogen and oxygen atoms in total. The molecule has 1 amide bonds. The van der Waals surface area contributed by atoms with Crippen molar-refractivity contribution in [3.05, 3.63) is 29.6 Å². The number of hydrogen-bond acceptors (Lipinski definition) is 2. The molecule has 0 saturated heterocycles. The largest absolute Gasteiger partial charge is 0.481 e. The molecule has 0 heterocycles. The van der Waals surface area contributed by atoms with Crippen molar-refractivity contribution < 1.29 is 13.9 Å². The second kappa shape index (κ2) is 6.04. The van der Waals surface area contributed by atoms with Gasteiger partial charge in [-0.05, 0) is 38.3 Å². The summed E-state index contributed by atoms with van der Waals surface area (Å²) in [5, 5.41) is 2.98. The smallest absolute Gasteiger partial charge is 0.260 e. The van der Waals surface area contributed by atoms with Crippen LogP contribution in [0.3, 0.4) is 0 Å². The zero-order chi connectivity index (χ0) is 13.8. The van der Waals surface area contributed by atoms with E-state index in [0.717, 1.165) is 18.4 Å². The van der Waals surface area contributed by atoms with Crippen molar-refractivity contribution in [1.82, 2.24) is 5.32 Å². The molecule has 104 valence electrons. The number of aryl methyl sites for hydroxylation is 1. The van der Waals surface area contributed by atoms with E-state index in [1.807, 2.05) is 6.92 Å². The van der Waals surface area contributed by atoms with Crippen LogP contribution >= 0.6 is 0 Å². The minimum atomic E-state index is -0.610. The summed E-state index contributed by atoms with van der Waals surface area (Å²) in [6.07, 6.45) is 3.81. The molecule has 19 heavy (non-hydrogen) atoms. The molecule has 4 heteroatoms. The Bertz CT molecular complexity index is 455. The van der Waals surface area contributed by atoms with Crippen LogP contribution in [0.4, 0.5) is 4.39 Å². The van der Waals surface area contributed by atoms with Crippen LogP contribution in [0.15, 0.2) is 18.2 Å². The molecule has 1 unspecified atom stereocenters. The highest BCUT2D eigenvalue weighted by molar-refractivity contribution is 5.81. The van der Waals surface area contributed by atoms with Gasteiger partial charge in [-0.15, -0.1) is 0 Å². The fraction of sp³-hybridized carbons (Fsp3) is 0.533. The molecule has 1 aromatic carbocycles. The topological polar surface area (TPSA) is 38.3 Å². The van der Waals surface area contributed by atoms with Crippen LogP contribution in [0.2, 0.25) is 0 Å². The Hall–Kier alpha value is -1.58. The third kappa shape index (κ3) is 3.69. The fourth-order valence-corrected chi connectivity index (χ4v) is 2.33. The summed E-state index contributed by atoms with van der Waals surface area (Å²) >= 11 is 0. The van der Waals surface area contributed by atoms with Crippen LogP contribution in [0.25, 0.3) is 0 Å². The molecule has 0 aromatic heterocycles. The minimum Gasteiger partial charge on any atom is -0.481 e. The lowest BCUT2D eigenvalue weighted by Gasteiger charge is -2.19. The molecule has 1 saturated carbocycles. The quantitative estimate of drug-likeness (QED) is 0.909. The van der Waals surface area contributed by atoms with E-state index in [4.69, 9.17) is 4.74 Å². The van der Waals surface area contributed by atoms with Gasteiger partial charge in [-0.25, -0.2) is 4.39 Å². The minimum absolute atomic E-state index is 0.129. The van der Waals surface area contributed by atoms with Crippen molar-refractivity contribution in [2.75, 3.05) is 0 Å². The van der Waals surface area contributed by atoms with Crippen LogP contribution in [0.1, 0.15) is 38.2 Å². The van der Waals surface area contributed by atoms with Gasteiger partial charge in [0.15, 0.2) is 6.10 Å². The first-order valence-electron chi connectivity index (χ1n) is 6.79. The van der Waals surface area contributed by atoms with E-state index in [9.17, 15) is 9.18 Å². The highest BCUT2D eigenvalue weighted by Gasteiger charge is 2.22. The lowest BCUT2D eigenvalue weighted by Crippen LogP contribution is -2.41. The zero-order valence-electron chi connectivity index (χ0n) is 11.4. The Morgan fingerprint density at radius 1 is 1.42 bits per heavy atom. The lowest BCUT2D eigenvalue weighted by atomic mass is 10.2. The van der Waals surface area contributed by atoms with E-state index in [1.54, 1.807) is 13.0 Å². The van der Waals surface area contributed by atoms with E-state index in [0.29, 0.717) is 5.75 Å². The molecular formula is C15H20FNO2. The van der Waals surface area contributed by atoms with Crippen molar-refractivity contribution in [2.45, 2.75) is 51.7 Å². The maximum Gasteiger partial charge on any atom is 0.260 e. The lowest BCUT2D eigenvalue weighted by molar-refractivity contribution is -0.128. The summed E-state index contributed by atoms with van der Waals surface area (Å²) in [5.41, 5.74) is 0.821. The van der Waals surface area contributed by atoms with Gasteiger partial charge in [0.2, 0.25) is 0 Å². The van der Waals surface area contributed by atoms with Crippen molar-refractivity contribution in [2.24, 2.45) is 0 Å². The Kier molecular flexibility index (Phi) is 4.40. The molecule has 1 fully saturated rings. The normalized spacial score (nSPS) is 17.2. The molecule has 1 aliphatic carbocycles. The first-order valence-corrected chi connectivity index (χ1v) is 6.79. The van der Waals surface area contributed by atoms with E-state index < -0.39 is 6.10 Å². The maximum absolute atomic E-state index is 13.1. The summed E-state index contributed by atoms with van der Waals surface area (Å²) in [6.45, 7) is 3.52. The van der Waals surface area contributed by atoms with Crippen LogP contribution in [0, 0.1) is 12.7 Å². The molecule has 0 spiro atoms. The Morgan fingerprint density at radius 3 is 2.79 bits per heavy atom. The SMILES string of the molecule is Cc1ccc(F)cc1OC(C)C(=O)NC1CCCC1. The van der Waals surface area contributed by atoms with Gasteiger partial charge in [0.1, 0.15) is 11.6 Å². The van der Waals surface area contributed by atoms with Gasteiger partial charge in [-0.1, -0.05) is 18.9 Å². The molecule has 0 aliphatic heterocycles. The number of benzene rings is 1. The summed E-state index contributed by atoms with van der Waals surface area (Å²) in [7, 11) is 0. The number of nitrogens with one attached hydrogen (secondary N) is 1. The Morgan fingerprint density at radius 2 is 2.11 bits per heavy atom. The Labute approximate surface area is 113 Å². The number of hydrogen-bond donors (Lipinski definition) is 1. The Balaban J connectivity index is 1.93. The molecular weight excluding hydrogens is 245 g/mol. The molecule has 1 atom stereocenters. The van der Waals surface area contributed by atoms with E-state index in [2.05, 4.69) is 5.32 Å². The fourth-order valence-electron chi connectivity index (χ4n) is 2.33. The number of amides is 1. The standard InChI is InChI=1S/C15H20FNO2/c1-10-7-8-12(16)9-14(10)19-11(2)15(18)17-13-5-3-4-6-13/h7-9,11,13H,3-6H2,1-2H3,(H,17,18). The van der Waals surface area contributed by atoms with Crippen molar-refractivity contribution in [1.29, 1.82) is 0 Å². The second-order valence-electron chi connectivity index (χ2n) is 5.16. The van der Waals surface area contributed by atoms with Gasteiger partial charge in [-0.2, -0.15) is 0 Å². The highest BCUT2D eigenvalue weighted by Crippen LogP contribution is 2.21. The third-order valence-corrected chi connectivity index (χ3v) is 3.52. The zero-order valence-corrected chi connectivity index (χ0v) is 11.4. The molecule has 1 aromatic rings. The van der Waals surface area contributed by atoms with Crippen LogP contribution < -0.4 is 10.1 Å². The third-order valence-electron chi connectivity index (χ3n) is 3.52. The number of carbonyl (C=O) groups is 1. The van der Waals surface area contributed by atoms with E-state index in [-0.39, 0.29) is 17.8 Å². The van der Waals surface area contributed by atoms with Crippen molar-refractivity contribution in [3.8, 4) is 5.75 Å². The van der Waals surface area contributed by atoms with Gasteiger partial charge in [0.25, 0.3) is 5.91 Å². The highest BCUT2D eigenvalue weighted by atomic mass is 19.1. The molecule has 1 aliphatic rings. The van der Waals surface area contributed by atoms with Gasteiger partial charge in [0.05, 0.1) is 0 Å². The van der Waals surface area contributed by atoms with Crippen molar-refractivity contribution in [3.63, 3.8) is 0 Å². The maximum atomic E-state index is 13.1. The first-order chi connectivity index (χ1) is 9.06. The van der Waals surface area contributed by atoms with Gasteiger partial charge < -0.3 is 10.1 Å². The molecule has 2 rings (SSSR count). The summed E-state index contributed by atoms with van der Waals surface area (Å²) in [4.78, 5) is 12.0. The van der Waals surface area contributed by atoms with Gasteiger partial charge in [-0.3, -0.25) is 4.79 Å². The number of halogens is 1. The predicted molar refractivity (Wildman–Crippen MR) is 71.6 cm³/mol. The molecule has 0 bridgehead atoms. The molecule has 1 N–H and O–H groups in total. The van der Waals surface area contributed by atoms with E-state index >= 15 is 0 Å². The summed E-state index contributed by atoms with van der Waals surface area (Å²) < 4.78 is 18.7. The summed E-state index contributed by atoms with van der Waals surface area (Å²) in [5.74, 6) is -0.0614. The van der Waals surface area contributed by atoms with Crippen LogP contribution in [0.5, 0.6) is 5.75 Å². The van der Waals surface area contributed by atoms with Crippen molar-refractivity contribution >= 4 is 5.91 Å². The average molecular weight is 265 g/mol. The summed E-state index contributed by atoms with van der Waals surface area (Å²) in [6, 6.07) is 4.61. The predicted octanol–water partition coefficient (Wildman–Crippen LogP) is 2.96. The van der Waals surface area contributed by atoms with Crippen LogP contribution in [-0.2, 0) is 4.79 Å². The van der Waals surface area contributed by atoms with Crippen LogP contribution in [-0.4, -0.2) is 18.1 Å². The number of ether oxygens (including phenoxy) is 1. The first kappa shape index (κ1) is 13.8. The molecule has 0 radical (unpaired) electrons. The number of rotatable bonds is 4. The average Bonchev–Trinajstić information content (AvgIpc) is 2.86. The monoisotopic (exact) mass is 265 g/mol. The number of carbonyl (C=O) groups excluding carboxylic acids is 1. The second-order valence-corrected chi connectivity index (χ2v) is 5.16. The van der Waals surface area contributed by atoms with E-state index in [1.165, 1.54) is 25.0 Å².